The van der Waals surface area contributed by atoms with E-state index in [-0.39, 0.29) is 11.9 Å². The molecule has 0 radical (unpaired) electrons. The molecule has 0 amide bonds. The summed E-state index contributed by atoms with van der Waals surface area (Å²) < 4.78 is 25.7. The van der Waals surface area contributed by atoms with Crippen LogP contribution in [0.3, 0.4) is 0 Å². The van der Waals surface area contributed by atoms with Crippen LogP contribution in [0.4, 0.5) is 4.39 Å². The molecule has 0 saturated carbocycles. The highest BCUT2D eigenvalue weighted by Gasteiger charge is 2.29. The molecule has 0 spiro atoms. The third kappa shape index (κ3) is 3.81. The van der Waals surface area contributed by atoms with Crippen molar-refractivity contribution >= 4 is 39.6 Å². The summed E-state index contributed by atoms with van der Waals surface area (Å²) in [6.45, 7) is 4.51. The summed E-state index contributed by atoms with van der Waals surface area (Å²) in [5.41, 5.74) is 6.44. The molecule has 3 aromatic rings. The Bertz CT molecular complexity index is 1030. The van der Waals surface area contributed by atoms with Crippen molar-refractivity contribution in [2.75, 3.05) is 0 Å². The van der Waals surface area contributed by atoms with Crippen LogP contribution in [0.5, 0.6) is 11.5 Å². The minimum absolute atomic E-state index is 0.243. The molecule has 5 heteroatoms. The number of ether oxygens (including phenoxy) is 1. The van der Waals surface area contributed by atoms with E-state index >= 15 is 0 Å². The van der Waals surface area contributed by atoms with Crippen molar-refractivity contribution in [3.63, 3.8) is 0 Å². The maximum atomic E-state index is 13.5. The van der Waals surface area contributed by atoms with Gasteiger partial charge >= 0.3 is 0 Å². The quantitative estimate of drug-likeness (QED) is 0.270. The average Bonchev–Trinajstić information content (AvgIpc) is 2.69. The summed E-state index contributed by atoms with van der Waals surface area (Å²) in [6.07, 6.45) is -0.268. The second-order valence-electron chi connectivity index (χ2n) is 6.79. The summed E-state index contributed by atoms with van der Waals surface area (Å²) in [5, 5.41) is 0. The first-order valence-electron chi connectivity index (χ1n) is 8.93. The Kier molecular flexibility index (Phi) is 5.70. The van der Waals surface area contributed by atoms with Crippen LogP contribution in [-0.2, 0) is 0 Å². The van der Waals surface area contributed by atoms with Gasteiger partial charge in [0.2, 0.25) is 0 Å². The summed E-state index contributed by atoms with van der Waals surface area (Å²) in [6, 6.07) is 20.9. The van der Waals surface area contributed by atoms with Gasteiger partial charge in [-0.15, -0.1) is 0 Å². The Morgan fingerprint density at radius 2 is 1.68 bits per heavy atom. The van der Waals surface area contributed by atoms with Crippen molar-refractivity contribution in [1.82, 2.24) is 0 Å². The van der Waals surface area contributed by atoms with Gasteiger partial charge in [0.15, 0.2) is 0 Å². The van der Waals surface area contributed by atoms with E-state index in [0.717, 1.165) is 39.3 Å². The van der Waals surface area contributed by atoms with Gasteiger partial charge in [0.1, 0.15) is 29.9 Å². The first-order valence-corrected chi connectivity index (χ1v) is 13.0. The molecule has 1 aliphatic rings. The average molecular weight is 504 g/mol. The Hall–Kier alpha value is -1.91. The van der Waals surface area contributed by atoms with Crippen molar-refractivity contribution < 1.29 is 13.7 Å². The summed E-state index contributed by atoms with van der Waals surface area (Å²) in [4.78, 5) is 0. The van der Waals surface area contributed by atoms with E-state index in [1.54, 1.807) is 0 Å². The Labute approximate surface area is 179 Å². The van der Waals surface area contributed by atoms with Crippen molar-refractivity contribution in [1.29, 1.82) is 0 Å². The highest BCUT2D eigenvalue weighted by atomic mass is 127. The Morgan fingerprint density at radius 3 is 2.36 bits per heavy atom. The highest BCUT2D eigenvalue weighted by Crippen LogP contribution is 2.47. The van der Waals surface area contributed by atoms with Gasteiger partial charge in [-0.05, 0) is 76.9 Å². The van der Waals surface area contributed by atoms with Crippen LogP contribution in [0.2, 0.25) is 0 Å². The van der Waals surface area contributed by atoms with Gasteiger partial charge in [0, 0.05) is 17.2 Å². The van der Waals surface area contributed by atoms with E-state index in [2.05, 4.69) is 60.2 Å². The normalized spacial score (nSPS) is 16.2. The zero-order valence-corrected chi connectivity index (χ0v) is 18.7. The van der Waals surface area contributed by atoms with Crippen LogP contribution >= 0.6 is 28.5 Å². The lowest BCUT2D eigenvalue weighted by atomic mass is 9.86. The summed E-state index contributed by atoms with van der Waals surface area (Å²) in [5.74, 6) is 1.36. The molecule has 2 nitrogen and oxygen atoms in total. The summed E-state index contributed by atoms with van der Waals surface area (Å²) in [7, 11) is 0. The van der Waals surface area contributed by atoms with E-state index in [0.29, 0.717) is 6.45 Å². The fraction of sp³-hybridized carbons (Fsp3) is 0.130. The van der Waals surface area contributed by atoms with E-state index in [9.17, 15) is 4.39 Å². The van der Waals surface area contributed by atoms with Crippen LogP contribution in [0.25, 0.3) is 11.1 Å². The van der Waals surface area contributed by atoms with Gasteiger partial charge in [-0.25, -0.2) is 4.39 Å². The SMILES string of the molecule is CC1=C(c2ccc(F)cc2)C(c2ccc(C)cc2)Oc2cc(OPI)ccc21. The number of halogens is 2. The van der Waals surface area contributed by atoms with Crippen LogP contribution in [0.15, 0.2) is 66.7 Å². The van der Waals surface area contributed by atoms with Gasteiger partial charge in [-0.1, -0.05) is 42.0 Å². The molecule has 0 bridgehead atoms. The highest BCUT2D eigenvalue weighted by molar-refractivity contribution is 14.2. The number of rotatable bonds is 4. The molecule has 2 atom stereocenters. The standard InChI is InChI=1S/C23H19FIO2P/c1-14-3-5-17(6-4-14)23-22(16-7-9-18(24)10-8-16)15(2)20-12-11-19(27-28-25)13-21(20)26-23/h3-13,23,28H,1-2H3. The monoisotopic (exact) mass is 504 g/mol. The van der Waals surface area contributed by atoms with Gasteiger partial charge in [-0.2, -0.15) is 0 Å². The molecular formula is C23H19FIO2P. The van der Waals surface area contributed by atoms with Crippen molar-refractivity contribution in [3.8, 4) is 11.5 Å². The molecule has 3 aromatic carbocycles. The second-order valence-corrected chi connectivity index (χ2v) is 8.47. The lowest BCUT2D eigenvalue weighted by molar-refractivity contribution is 0.259. The predicted molar refractivity (Wildman–Crippen MR) is 123 cm³/mol. The number of allylic oxidation sites excluding steroid dienone is 1. The van der Waals surface area contributed by atoms with E-state index in [4.69, 9.17) is 9.26 Å². The molecule has 0 saturated heterocycles. The lowest BCUT2D eigenvalue weighted by Crippen LogP contribution is -2.16. The molecule has 0 N–H and O–H groups in total. The van der Waals surface area contributed by atoms with Gasteiger partial charge in [0.25, 0.3) is 0 Å². The maximum Gasteiger partial charge on any atom is 0.150 e. The van der Waals surface area contributed by atoms with Gasteiger partial charge < -0.3 is 9.26 Å². The number of fused-ring (bicyclic) bond motifs is 1. The molecule has 0 fully saturated rings. The van der Waals surface area contributed by atoms with Gasteiger partial charge in [-0.3, -0.25) is 0 Å². The zero-order chi connectivity index (χ0) is 19.7. The van der Waals surface area contributed by atoms with Crippen LogP contribution in [-0.4, -0.2) is 0 Å². The molecule has 142 valence electrons. The second kappa shape index (κ2) is 8.22. The van der Waals surface area contributed by atoms with Crippen LogP contribution in [0.1, 0.15) is 35.3 Å². The van der Waals surface area contributed by atoms with E-state index in [1.165, 1.54) is 17.7 Å². The Morgan fingerprint density at radius 1 is 0.964 bits per heavy atom. The van der Waals surface area contributed by atoms with E-state index < -0.39 is 0 Å². The number of hydrogen-bond acceptors (Lipinski definition) is 2. The van der Waals surface area contributed by atoms with Gasteiger partial charge in [0.05, 0.1) is 0 Å². The zero-order valence-electron chi connectivity index (χ0n) is 15.5. The smallest absolute Gasteiger partial charge is 0.150 e. The molecule has 1 heterocycles. The van der Waals surface area contributed by atoms with Crippen molar-refractivity contribution in [2.45, 2.75) is 20.0 Å². The summed E-state index contributed by atoms with van der Waals surface area (Å²) >= 11 is 2.21. The fourth-order valence-electron chi connectivity index (χ4n) is 3.52. The first kappa shape index (κ1) is 19.4. The third-order valence-corrected chi connectivity index (χ3v) is 5.93. The Balaban J connectivity index is 1.88. The van der Waals surface area contributed by atoms with Crippen LogP contribution < -0.4 is 9.26 Å². The first-order chi connectivity index (χ1) is 13.6. The molecule has 0 aromatic heterocycles. The minimum Gasteiger partial charge on any atom is -0.480 e. The lowest BCUT2D eigenvalue weighted by Gasteiger charge is -2.31. The number of benzene rings is 3. The molecular weight excluding hydrogens is 485 g/mol. The van der Waals surface area contributed by atoms with E-state index in [1.807, 2.05) is 30.3 Å². The maximum absolute atomic E-state index is 13.5. The predicted octanol–water partition coefficient (Wildman–Crippen LogP) is 7.52. The molecule has 0 aliphatic carbocycles. The molecule has 28 heavy (non-hydrogen) atoms. The van der Waals surface area contributed by atoms with Crippen LogP contribution in [0, 0.1) is 12.7 Å². The topological polar surface area (TPSA) is 18.5 Å². The van der Waals surface area contributed by atoms with Crippen molar-refractivity contribution in [3.05, 3.63) is 94.8 Å². The fourth-order valence-corrected chi connectivity index (χ4v) is 4.50. The number of aryl methyl sites for hydroxylation is 1. The minimum atomic E-state index is -0.268. The molecule has 1 aliphatic heterocycles. The molecule has 4 rings (SSSR count). The van der Waals surface area contributed by atoms with Crippen molar-refractivity contribution in [2.24, 2.45) is 0 Å². The largest absolute Gasteiger partial charge is 0.480 e. The third-order valence-electron chi connectivity index (χ3n) is 4.96. The number of hydrogen-bond donors (Lipinski definition) is 0. The molecule has 2 unspecified atom stereocenters.